The van der Waals surface area contributed by atoms with E-state index in [9.17, 15) is 0 Å². The van der Waals surface area contributed by atoms with Gasteiger partial charge in [-0.1, -0.05) is 11.6 Å². The fourth-order valence-electron chi connectivity index (χ4n) is 2.83. The first-order valence-corrected chi connectivity index (χ1v) is 8.30. The van der Waals surface area contributed by atoms with Gasteiger partial charge >= 0.3 is 0 Å². The van der Waals surface area contributed by atoms with Crippen LogP contribution in [0.2, 0.25) is 5.02 Å². The summed E-state index contributed by atoms with van der Waals surface area (Å²) < 4.78 is 12.5. The molecule has 8 heteroatoms. The molecule has 0 amide bonds. The third-order valence-corrected chi connectivity index (χ3v) is 4.29. The van der Waals surface area contributed by atoms with Gasteiger partial charge in [0.25, 0.3) is 0 Å². The van der Waals surface area contributed by atoms with E-state index in [1.165, 1.54) is 7.11 Å². The number of fused-ring (bicyclic) bond motifs is 3. The Hall–Kier alpha value is -2.22. The molecule has 0 unspecified atom stereocenters. The zero-order valence-corrected chi connectivity index (χ0v) is 14.9. The summed E-state index contributed by atoms with van der Waals surface area (Å²) in [6.07, 6.45) is 1.73. The van der Waals surface area contributed by atoms with Crippen LogP contribution in [0.1, 0.15) is 23.9 Å². The van der Waals surface area contributed by atoms with Crippen LogP contribution < -0.4 is 0 Å². The molecule has 1 aliphatic rings. The highest BCUT2D eigenvalue weighted by Gasteiger charge is 2.28. The third-order valence-electron chi connectivity index (χ3n) is 4.05. The van der Waals surface area contributed by atoms with E-state index in [1.54, 1.807) is 23.4 Å². The van der Waals surface area contributed by atoms with E-state index in [4.69, 9.17) is 31.9 Å². The molecule has 132 valence electrons. The van der Waals surface area contributed by atoms with Crippen LogP contribution in [-0.2, 0) is 22.6 Å². The minimum Gasteiger partial charge on any atom is -0.377 e. The lowest BCUT2D eigenvalue weighted by atomic mass is 10.1. The lowest BCUT2D eigenvalue weighted by Crippen LogP contribution is -2.37. The first-order chi connectivity index (χ1) is 12.1. The van der Waals surface area contributed by atoms with E-state index in [-0.39, 0.29) is 18.3 Å². The van der Waals surface area contributed by atoms with Crippen molar-refractivity contribution in [3.05, 3.63) is 46.5 Å². The Morgan fingerprint density at radius 3 is 2.92 bits per heavy atom. The Labute approximate surface area is 151 Å². The van der Waals surface area contributed by atoms with Crippen molar-refractivity contribution in [2.24, 2.45) is 0 Å². The lowest BCUT2D eigenvalue weighted by molar-refractivity contribution is 0.130. The maximum absolute atomic E-state index is 8.60. The number of hydrogen-bond acceptors (Lipinski definition) is 5. The van der Waals surface area contributed by atoms with Crippen LogP contribution in [0.15, 0.2) is 24.5 Å². The van der Waals surface area contributed by atoms with E-state index in [2.05, 4.69) is 4.98 Å². The average molecular weight is 362 g/mol. The van der Waals surface area contributed by atoms with E-state index in [0.717, 1.165) is 17.1 Å². The van der Waals surface area contributed by atoms with Crippen molar-refractivity contribution >= 4 is 23.3 Å². The molecule has 0 atom stereocenters. The van der Waals surface area contributed by atoms with Crippen molar-refractivity contribution in [1.82, 2.24) is 14.5 Å². The van der Waals surface area contributed by atoms with Gasteiger partial charge in [0.2, 0.25) is 0 Å². The Morgan fingerprint density at radius 1 is 1.40 bits per heavy atom. The van der Waals surface area contributed by atoms with Crippen molar-refractivity contribution in [3.63, 3.8) is 0 Å². The molecule has 0 radical (unpaired) electrons. The minimum atomic E-state index is 0.118. The zero-order chi connectivity index (χ0) is 18.0. The number of ether oxygens (including phenoxy) is 2. The van der Waals surface area contributed by atoms with Gasteiger partial charge < -0.3 is 18.9 Å². The van der Waals surface area contributed by atoms with Gasteiger partial charge in [-0.05, 0) is 25.1 Å². The predicted molar refractivity (Wildman–Crippen MR) is 95.9 cm³/mol. The Kier molecular flexibility index (Phi) is 5.17. The summed E-state index contributed by atoms with van der Waals surface area (Å²) in [5.41, 5.74) is 3.15. The smallest absolute Gasteiger partial charge is 0.136 e. The number of imidazole rings is 1. The van der Waals surface area contributed by atoms with Crippen LogP contribution in [0.25, 0.3) is 5.69 Å². The van der Waals surface area contributed by atoms with Crippen LogP contribution in [-0.4, -0.2) is 46.4 Å². The largest absolute Gasteiger partial charge is 0.377 e. The van der Waals surface area contributed by atoms with Gasteiger partial charge in [0.1, 0.15) is 18.3 Å². The summed E-state index contributed by atoms with van der Waals surface area (Å²) in [7, 11) is 1.53. The van der Waals surface area contributed by atoms with Gasteiger partial charge in [0.15, 0.2) is 0 Å². The molecule has 2 heterocycles. The molecule has 0 bridgehead atoms. The highest BCUT2D eigenvalue weighted by atomic mass is 35.5. The monoisotopic (exact) mass is 361 g/mol. The van der Waals surface area contributed by atoms with E-state index < -0.39 is 0 Å². The number of nitrogens with zero attached hydrogens (tertiary/aromatic N) is 3. The molecule has 1 aromatic heterocycles. The topological polar surface area (TPSA) is 87.2 Å². The van der Waals surface area contributed by atoms with Crippen LogP contribution in [0, 0.1) is 10.8 Å². The van der Waals surface area contributed by atoms with Gasteiger partial charge in [-0.2, -0.15) is 0 Å². The van der Waals surface area contributed by atoms with Gasteiger partial charge in [-0.15, -0.1) is 0 Å². The van der Waals surface area contributed by atoms with Crippen LogP contribution in [0.4, 0.5) is 0 Å². The zero-order valence-electron chi connectivity index (χ0n) is 14.2. The number of hydrogen-bond donors (Lipinski definition) is 2. The number of aromatic nitrogens is 2. The molecular weight excluding hydrogens is 342 g/mol. The molecule has 3 rings (SSSR count). The average Bonchev–Trinajstić information content (AvgIpc) is 2.94. The van der Waals surface area contributed by atoms with Crippen LogP contribution >= 0.6 is 11.6 Å². The number of halogens is 1. The number of benzene rings is 1. The summed E-state index contributed by atoms with van der Waals surface area (Å²) in [5.74, 6) is 0.418. The minimum absolute atomic E-state index is 0.118. The maximum atomic E-state index is 8.60. The Morgan fingerprint density at radius 2 is 2.20 bits per heavy atom. The SMILES string of the molecule is CCOCc1ncn2c1CN(C(=N)COC)C(=N)c1cc(Cl)ccc1-2. The number of methoxy groups -OCH3 is 1. The summed E-state index contributed by atoms with van der Waals surface area (Å²) in [6.45, 7) is 3.38. The summed E-state index contributed by atoms with van der Waals surface area (Å²) in [4.78, 5) is 6.07. The molecule has 0 saturated heterocycles. The number of nitrogens with one attached hydrogen (secondary N) is 2. The number of rotatable bonds is 5. The molecule has 1 aliphatic heterocycles. The van der Waals surface area contributed by atoms with Gasteiger partial charge in [-0.25, -0.2) is 4.98 Å². The number of amidine groups is 2. The Bertz CT molecular complexity index is 817. The molecular formula is C17H20ClN5O2. The van der Waals surface area contributed by atoms with Crippen molar-refractivity contribution in [2.45, 2.75) is 20.1 Å². The standard InChI is InChI=1S/C17H20ClN5O2/c1-3-25-8-13-15-7-22(16(19)9-24-2)17(20)12-6-11(18)4-5-14(12)23(15)10-21-13/h4-6,10,19-20H,3,7-9H2,1-2H3. The summed E-state index contributed by atoms with van der Waals surface area (Å²) >= 11 is 6.15. The fourth-order valence-corrected chi connectivity index (χ4v) is 3.00. The second-order valence-corrected chi connectivity index (χ2v) is 6.06. The molecule has 1 aromatic carbocycles. The molecule has 2 aromatic rings. The fraction of sp³-hybridized carbons (Fsp3) is 0.353. The van der Waals surface area contributed by atoms with Gasteiger partial charge in [-0.3, -0.25) is 10.8 Å². The van der Waals surface area contributed by atoms with Gasteiger partial charge in [0.05, 0.1) is 36.6 Å². The summed E-state index contributed by atoms with van der Waals surface area (Å²) in [6, 6.07) is 5.39. The first-order valence-electron chi connectivity index (χ1n) is 7.92. The highest BCUT2D eigenvalue weighted by molar-refractivity contribution is 6.31. The normalized spacial score (nSPS) is 13.4. The van der Waals surface area contributed by atoms with Crippen molar-refractivity contribution in [1.29, 1.82) is 10.8 Å². The molecule has 0 fully saturated rings. The Balaban J connectivity index is 2.13. The second-order valence-electron chi connectivity index (χ2n) is 5.62. The van der Waals surface area contributed by atoms with Crippen molar-refractivity contribution < 1.29 is 9.47 Å². The molecule has 0 spiro atoms. The predicted octanol–water partition coefficient (Wildman–Crippen LogP) is 2.83. The molecule has 7 nitrogen and oxygen atoms in total. The molecule has 25 heavy (non-hydrogen) atoms. The third kappa shape index (κ3) is 3.30. The van der Waals surface area contributed by atoms with E-state index in [1.807, 2.05) is 17.6 Å². The van der Waals surface area contributed by atoms with E-state index in [0.29, 0.717) is 30.3 Å². The van der Waals surface area contributed by atoms with Crippen LogP contribution in [0.3, 0.4) is 0 Å². The van der Waals surface area contributed by atoms with Crippen molar-refractivity contribution in [2.75, 3.05) is 20.3 Å². The maximum Gasteiger partial charge on any atom is 0.136 e. The molecule has 2 N–H and O–H groups in total. The second kappa shape index (κ2) is 7.35. The lowest BCUT2D eigenvalue weighted by Gasteiger charge is -2.23. The molecule has 0 aliphatic carbocycles. The quantitative estimate of drug-likeness (QED) is 0.633. The van der Waals surface area contributed by atoms with Gasteiger partial charge in [0, 0.05) is 24.3 Å². The first kappa shape index (κ1) is 17.6. The van der Waals surface area contributed by atoms with Crippen LogP contribution in [0.5, 0.6) is 0 Å². The molecule has 0 saturated carbocycles. The highest BCUT2D eigenvalue weighted by Crippen LogP contribution is 2.28. The van der Waals surface area contributed by atoms with Crippen molar-refractivity contribution in [3.8, 4) is 5.69 Å². The van der Waals surface area contributed by atoms with E-state index >= 15 is 0 Å². The summed E-state index contributed by atoms with van der Waals surface area (Å²) in [5, 5.41) is 17.4.